The molecule has 1 heterocycles. The van der Waals surface area contributed by atoms with Crippen molar-refractivity contribution >= 4 is 5.97 Å². The predicted octanol–water partition coefficient (Wildman–Crippen LogP) is 2.91. The largest absolute Gasteiger partial charge is 0.481 e. The van der Waals surface area contributed by atoms with E-state index in [4.69, 9.17) is 5.11 Å². The van der Waals surface area contributed by atoms with Crippen LogP contribution in [-0.4, -0.2) is 41.8 Å². The third kappa shape index (κ3) is 3.22. The first-order valence-corrected chi connectivity index (χ1v) is 6.84. The van der Waals surface area contributed by atoms with Crippen LogP contribution in [0.2, 0.25) is 0 Å². The summed E-state index contributed by atoms with van der Waals surface area (Å²) in [7, 11) is 0. The third-order valence-electron chi connectivity index (χ3n) is 4.62. The molecule has 110 valence electrons. The number of aliphatic carboxylic acids is 1. The Morgan fingerprint density at radius 2 is 2.05 bits per heavy atom. The van der Waals surface area contributed by atoms with Gasteiger partial charge in [0.25, 0.3) is 0 Å². The Balaban J connectivity index is 1.91. The van der Waals surface area contributed by atoms with E-state index < -0.39 is 23.5 Å². The van der Waals surface area contributed by atoms with Gasteiger partial charge in [0.2, 0.25) is 0 Å². The van der Waals surface area contributed by atoms with E-state index >= 15 is 0 Å². The van der Waals surface area contributed by atoms with Crippen LogP contribution in [0.15, 0.2) is 0 Å². The highest BCUT2D eigenvalue weighted by Gasteiger charge is 2.57. The van der Waals surface area contributed by atoms with Crippen molar-refractivity contribution < 1.29 is 23.1 Å². The van der Waals surface area contributed by atoms with Crippen LogP contribution >= 0.6 is 0 Å². The Labute approximate surface area is 110 Å². The second-order valence-electron chi connectivity index (χ2n) is 5.87. The first-order valence-electron chi connectivity index (χ1n) is 6.84. The Morgan fingerprint density at radius 1 is 1.37 bits per heavy atom. The standard InChI is InChI=1S/C13H20F3NO2/c14-13(15,16)10-4-8-17(7-1-3-11(18)19)9-12(10)5-2-6-12/h10H,1-9H2,(H,18,19). The average molecular weight is 279 g/mol. The highest BCUT2D eigenvalue weighted by molar-refractivity contribution is 5.66. The van der Waals surface area contributed by atoms with Gasteiger partial charge in [-0.05, 0) is 44.2 Å². The van der Waals surface area contributed by atoms with Crippen molar-refractivity contribution in [1.29, 1.82) is 0 Å². The van der Waals surface area contributed by atoms with Gasteiger partial charge in [-0.1, -0.05) is 6.42 Å². The van der Waals surface area contributed by atoms with Gasteiger partial charge in [-0.25, -0.2) is 0 Å². The number of hydrogen-bond acceptors (Lipinski definition) is 2. The molecule has 0 aromatic heterocycles. The zero-order valence-electron chi connectivity index (χ0n) is 10.9. The molecule has 2 fully saturated rings. The van der Waals surface area contributed by atoms with E-state index in [0.29, 0.717) is 38.9 Å². The fraction of sp³-hybridized carbons (Fsp3) is 0.923. The molecule has 2 rings (SSSR count). The molecule has 1 aliphatic heterocycles. The summed E-state index contributed by atoms with van der Waals surface area (Å²) in [5.74, 6) is -2.01. The Kier molecular flexibility index (Phi) is 4.08. The zero-order chi connectivity index (χ0) is 14.1. The van der Waals surface area contributed by atoms with E-state index in [0.717, 1.165) is 6.42 Å². The van der Waals surface area contributed by atoms with Crippen LogP contribution < -0.4 is 0 Å². The van der Waals surface area contributed by atoms with E-state index in [1.54, 1.807) is 0 Å². The van der Waals surface area contributed by atoms with E-state index in [1.165, 1.54) is 0 Å². The van der Waals surface area contributed by atoms with Crippen molar-refractivity contribution in [2.45, 2.75) is 44.7 Å². The number of piperidine rings is 1. The molecule has 19 heavy (non-hydrogen) atoms. The van der Waals surface area contributed by atoms with Crippen molar-refractivity contribution in [2.75, 3.05) is 19.6 Å². The maximum absolute atomic E-state index is 13.0. The number of carbonyl (C=O) groups is 1. The minimum atomic E-state index is -4.09. The first-order chi connectivity index (χ1) is 8.83. The number of nitrogens with zero attached hydrogens (tertiary/aromatic N) is 1. The van der Waals surface area contributed by atoms with Crippen LogP contribution in [0, 0.1) is 11.3 Å². The van der Waals surface area contributed by atoms with Crippen molar-refractivity contribution in [3.8, 4) is 0 Å². The average Bonchev–Trinajstić information content (AvgIpc) is 2.24. The van der Waals surface area contributed by atoms with Crippen molar-refractivity contribution in [1.82, 2.24) is 4.90 Å². The molecule has 1 unspecified atom stereocenters. The fourth-order valence-electron chi connectivity index (χ4n) is 3.55. The monoisotopic (exact) mass is 279 g/mol. The van der Waals surface area contributed by atoms with Crippen LogP contribution in [0.3, 0.4) is 0 Å². The van der Waals surface area contributed by atoms with Gasteiger partial charge in [-0.3, -0.25) is 4.79 Å². The van der Waals surface area contributed by atoms with Crippen LogP contribution in [0.1, 0.15) is 38.5 Å². The minimum Gasteiger partial charge on any atom is -0.481 e. The van der Waals surface area contributed by atoms with Crippen LogP contribution in [-0.2, 0) is 4.79 Å². The summed E-state index contributed by atoms with van der Waals surface area (Å²) in [6, 6.07) is 0. The zero-order valence-corrected chi connectivity index (χ0v) is 10.9. The summed E-state index contributed by atoms with van der Waals surface area (Å²) in [6.07, 6.45) is -1.12. The fourth-order valence-corrected chi connectivity index (χ4v) is 3.55. The summed E-state index contributed by atoms with van der Waals surface area (Å²) in [5.41, 5.74) is -0.584. The molecule has 0 aromatic carbocycles. The minimum absolute atomic E-state index is 0.0895. The van der Waals surface area contributed by atoms with Crippen LogP contribution in [0.25, 0.3) is 0 Å². The second kappa shape index (κ2) is 5.31. The molecule has 6 heteroatoms. The normalized spacial score (nSPS) is 27.2. The summed E-state index contributed by atoms with van der Waals surface area (Å²) in [6.45, 7) is 1.51. The summed E-state index contributed by atoms with van der Waals surface area (Å²) >= 11 is 0. The molecule has 0 radical (unpaired) electrons. The van der Waals surface area contributed by atoms with Gasteiger partial charge in [0.05, 0.1) is 5.92 Å². The number of hydrogen-bond donors (Lipinski definition) is 1. The number of halogens is 3. The lowest BCUT2D eigenvalue weighted by Crippen LogP contribution is -2.56. The van der Waals surface area contributed by atoms with E-state index in [1.807, 2.05) is 4.90 Å². The van der Waals surface area contributed by atoms with E-state index in [-0.39, 0.29) is 12.8 Å². The Bertz CT molecular complexity index is 339. The summed E-state index contributed by atoms with van der Waals surface area (Å²) in [5, 5.41) is 8.58. The van der Waals surface area contributed by atoms with Crippen molar-refractivity contribution in [3.63, 3.8) is 0 Å². The van der Waals surface area contributed by atoms with Crippen molar-refractivity contribution in [2.24, 2.45) is 11.3 Å². The van der Waals surface area contributed by atoms with Gasteiger partial charge >= 0.3 is 12.1 Å². The highest BCUT2D eigenvalue weighted by atomic mass is 19.4. The molecule has 1 aliphatic carbocycles. The van der Waals surface area contributed by atoms with Crippen molar-refractivity contribution in [3.05, 3.63) is 0 Å². The molecule has 2 aliphatic rings. The summed E-state index contributed by atoms with van der Waals surface area (Å²) < 4.78 is 39.1. The third-order valence-corrected chi connectivity index (χ3v) is 4.62. The van der Waals surface area contributed by atoms with Gasteiger partial charge < -0.3 is 10.0 Å². The van der Waals surface area contributed by atoms with Gasteiger partial charge in [-0.2, -0.15) is 13.2 Å². The molecular formula is C13H20F3NO2. The molecule has 0 amide bonds. The van der Waals surface area contributed by atoms with Gasteiger partial charge in [0.1, 0.15) is 0 Å². The SMILES string of the molecule is O=C(O)CCCN1CCC(C(F)(F)F)C2(CCC2)C1. The van der Waals surface area contributed by atoms with E-state index in [9.17, 15) is 18.0 Å². The van der Waals surface area contributed by atoms with Crippen LogP contribution in [0.5, 0.6) is 0 Å². The molecule has 3 nitrogen and oxygen atoms in total. The number of alkyl halides is 3. The molecule has 1 saturated carbocycles. The number of rotatable bonds is 4. The topological polar surface area (TPSA) is 40.5 Å². The quantitative estimate of drug-likeness (QED) is 0.860. The number of carboxylic acid groups (broad SMARTS) is 1. The molecule has 1 saturated heterocycles. The molecular weight excluding hydrogens is 259 g/mol. The number of likely N-dealkylation sites (tertiary alicyclic amines) is 1. The highest BCUT2D eigenvalue weighted by Crippen LogP contribution is 2.56. The maximum atomic E-state index is 13.0. The lowest BCUT2D eigenvalue weighted by molar-refractivity contribution is -0.237. The Morgan fingerprint density at radius 3 is 2.53 bits per heavy atom. The molecule has 0 bridgehead atoms. The lowest BCUT2D eigenvalue weighted by Gasteiger charge is -2.54. The molecule has 1 spiro atoms. The predicted molar refractivity (Wildman–Crippen MR) is 63.8 cm³/mol. The summed E-state index contributed by atoms with van der Waals surface area (Å²) in [4.78, 5) is 12.5. The lowest BCUT2D eigenvalue weighted by atomic mass is 9.58. The molecule has 1 atom stereocenters. The molecule has 1 N–H and O–H groups in total. The maximum Gasteiger partial charge on any atom is 0.392 e. The van der Waals surface area contributed by atoms with Gasteiger partial charge in [0, 0.05) is 13.0 Å². The van der Waals surface area contributed by atoms with Crippen LogP contribution in [0.4, 0.5) is 13.2 Å². The second-order valence-corrected chi connectivity index (χ2v) is 5.87. The smallest absolute Gasteiger partial charge is 0.392 e. The van der Waals surface area contributed by atoms with Gasteiger partial charge in [0.15, 0.2) is 0 Å². The van der Waals surface area contributed by atoms with E-state index in [2.05, 4.69) is 0 Å². The van der Waals surface area contributed by atoms with Gasteiger partial charge in [-0.15, -0.1) is 0 Å². The molecule has 0 aromatic rings. The Hall–Kier alpha value is -0.780. The number of carboxylic acids is 1. The first kappa shape index (κ1) is 14.6.